The Kier molecular flexibility index (Phi) is 4.77. The predicted octanol–water partition coefficient (Wildman–Crippen LogP) is 2.09. The summed E-state index contributed by atoms with van der Waals surface area (Å²) in [4.78, 5) is 14.7. The van der Waals surface area contributed by atoms with Crippen LogP contribution >= 0.6 is 0 Å². The molecule has 0 aliphatic heterocycles. The van der Waals surface area contributed by atoms with Crippen molar-refractivity contribution in [2.75, 3.05) is 0 Å². The number of aryl methyl sites for hydroxylation is 2. The largest absolute Gasteiger partial charge is 0.295 e. The number of rotatable bonds is 5. The molecule has 1 aromatic heterocycles. The smallest absolute Gasteiger partial charge is 0.280 e. The molecule has 3 rings (SSSR count). The summed E-state index contributed by atoms with van der Waals surface area (Å²) in [5, 5.41) is 6.69. The fourth-order valence-corrected chi connectivity index (χ4v) is 3.19. The summed E-state index contributed by atoms with van der Waals surface area (Å²) in [6.07, 6.45) is 1.21. The van der Waals surface area contributed by atoms with E-state index in [0.717, 1.165) is 5.56 Å². The van der Waals surface area contributed by atoms with Crippen molar-refractivity contribution >= 4 is 16.2 Å². The Morgan fingerprint density at radius 3 is 2.35 bits per heavy atom. The van der Waals surface area contributed by atoms with Gasteiger partial charge in [0.15, 0.2) is 0 Å². The van der Waals surface area contributed by atoms with Gasteiger partial charge in [0.25, 0.3) is 15.6 Å². The molecule has 26 heavy (non-hydrogen) atoms. The van der Waals surface area contributed by atoms with Crippen LogP contribution in [0.15, 0.2) is 69.4 Å². The van der Waals surface area contributed by atoms with Crippen LogP contribution in [0.25, 0.3) is 5.69 Å². The first-order chi connectivity index (χ1) is 12.4. The lowest BCUT2D eigenvalue weighted by Gasteiger charge is -2.03. The van der Waals surface area contributed by atoms with Crippen LogP contribution in [0.3, 0.4) is 0 Å². The normalized spacial score (nSPS) is 11.8. The van der Waals surface area contributed by atoms with E-state index < -0.39 is 10.0 Å². The highest BCUT2D eigenvalue weighted by Gasteiger charge is 2.13. The van der Waals surface area contributed by atoms with Crippen molar-refractivity contribution < 1.29 is 8.42 Å². The van der Waals surface area contributed by atoms with Gasteiger partial charge in [-0.1, -0.05) is 35.9 Å². The molecule has 8 heteroatoms. The van der Waals surface area contributed by atoms with Gasteiger partial charge in [-0.25, -0.2) is 9.51 Å². The standard InChI is InChI=1S/C18H18N4O3S/c1-13-8-10-16(11-9-13)26(24,25)21-19-12-17-14(2)20-22(18(17)23)15-6-4-3-5-7-15/h3-12,20-21H,1-2H3/b19-12+. The lowest BCUT2D eigenvalue weighted by Crippen LogP contribution is -2.20. The molecule has 0 saturated heterocycles. The van der Waals surface area contributed by atoms with E-state index in [0.29, 0.717) is 11.4 Å². The summed E-state index contributed by atoms with van der Waals surface area (Å²) in [5.74, 6) is 0. The van der Waals surface area contributed by atoms with Gasteiger partial charge in [-0.3, -0.25) is 9.89 Å². The number of para-hydroxylation sites is 1. The first kappa shape index (κ1) is 17.7. The van der Waals surface area contributed by atoms with E-state index in [4.69, 9.17) is 0 Å². The van der Waals surface area contributed by atoms with Gasteiger partial charge in [-0.15, -0.1) is 0 Å². The Balaban J connectivity index is 1.84. The van der Waals surface area contributed by atoms with Crippen molar-refractivity contribution in [3.05, 3.63) is 81.8 Å². The third kappa shape index (κ3) is 3.60. The highest BCUT2D eigenvalue weighted by Crippen LogP contribution is 2.10. The number of sulfonamides is 1. The Bertz CT molecular complexity index is 1100. The van der Waals surface area contributed by atoms with E-state index in [1.54, 1.807) is 31.2 Å². The zero-order chi connectivity index (χ0) is 18.7. The number of hydrogen-bond donors (Lipinski definition) is 2. The molecule has 7 nitrogen and oxygen atoms in total. The van der Waals surface area contributed by atoms with Gasteiger partial charge in [-0.2, -0.15) is 13.5 Å². The summed E-state index contributed by atoms with van der Waals surface area (Å²) < 4.78 is 25.8. The number of nitrogens with zero attached hydrogens (tertiary/aromatic N) is 2. The lowest BCUT2D eigenvalue weighted by molar-refractivity contribution is 0.584. The van der Waals surface area contributed by atoms with E-state index in [1.807, 2.05) is 25.1 Å². The maximum atomic E-state index is 12.5. The minimum absolute atomic E-state index is 0.104. The van der Waals surface area contributed by atoms with E-state index >= 15 is 0 Å². The molecule has 0 atom stereocenters. The quantitative estimate of drug-likeness (QED) is 0.532. The van der Waals surface area contributed by atoms with Gasteiger partial charge < -0.3 is 0 Å². The third-order valence-corrected chi connectivity index (χ3v) is 5.07. The van der Waals surface area contributed by atoms with Gasteiger partial charge >= 0.3 is 0 Å². The van der Waals surface area contributed by atoms with Crippen LogP contribution < -0.4 is 10.4 Å². The van der Waals surface area contributed by atoms with E-state index in [2.05, 4.69) is 15.0 Å². The summed E-state index contributed by atoms with van der Waals surface area (Å²) in [6, 6.07) is 15.5. The second kappa shape index (κ2) is 7.01. The molecule has 0 spiro atoms. The zero-order valence-electron chi connectivity index (χ0n) is 14.3. The molecule has 0 radical (unpaired) electrons. The number of benzene rings is 2. The van der Waals surface area contributed by atoms with Crippen molar-refractivity contribution in [2.24, 2.45) is 5.10 Å². The molecular formula is C18H18N4O3S. The summed E-state index contributed by atoms with van der Waals surface area (Å²) in [6.45, 7) is 3.59. The molecule has 2 N–H and O–H groups in total. The second-order valence-electron chi connectivity index (χ2n) is 5.79. The fourth-order valence-electron chi connectivity index (χ4n) is 2.40. The number of H-pyrrole nitrogens is 1. The second-order valence-corrected chi connectivity index (χ2v) is 7.45. The molecule has 134 valence electrons. The van der Waals surface area contributed by atoms with Crippen LogP contribution in [0.2, 0.25) is 0 Å². The minimum atomic E-state index is -3.79. The number of nitrogens with one attached hydrogen (secondary N) is 2. The third-order valence-electron chi connectivity index (χ3n) is 3.83. The zero-order valence-corrected chi connectivity index (χ0v) is 15.1. The number of aromatic amines is 1. The monoisotopic (exact) mass is 370 g/mol. The number of hydrazone groups is 1. The van der Waals surface area contributed by atoms with Crippen LogP contribution in [0.1, 0.15) is 16.8 Å². The first-order valence-electron chi connectivity index (χ1n) is 7.87. The van der Waals surface area contributed by atoms with Gasteiger partial charge in [0.05, 0.1) is 22.4 Å². The molecule has 2 aromatic carbocycles. The van der Waals surface area contributed by atoms with Gasteiger partial charge in [0.2, 0.25) is 0 Å². The van der Waals surface area contributed by atoms with Crippen LogP contribution in [0.5, 0.6) is 0 Å². The van der Waals surface area contributed by atoms with Crippen molar-refractivity contribution in [3.8, 4) is 5.69 Å². The molecule has 1 heterocycles. The van der Waals surface area contributed by atoms with Crippen molar-refractivity contribution in [1.82, 2.24) is 14.6 Å². The molecule has 0 amide bonds. The molecular weight excluding hydrogens is 352 g/mol. The molecule has 0 fully saturated rings. The molecule has 0 saturated carbocycles. The molecule has 0 aliphatic rings. The average molecular weight is 370 g/mol. The fraction of sp³-hybridized carbons (Fsp3) is 0.111. The molecule has 0 aliphatic carbocycles. The molecule has 0 bridgehead atoms. The summed E-state index contributed by atoms with van der Waals surface area (Å²) >= 11 is 0. The van der Waals surface area contributed by atoms with E-state index in [-0.39, 0.29) is 16.0 Å². The minimum Gasteiger partial charge on any atom is -0.295 e. The van der Waals surface area contributed by atoms with Crippen LogP contribution in [0, 0.1) is 13.8 Å². The number of hydrogen-bond acceptors (Lipinski definition) is 4. The first-order valence-corrected chi connectivity index (χ1v) is 9.35. The van der Waals surface area contributed by atoms with Crippen molar-refractivity contribution in [2.45, 2.75) is 18.7 Å². The van der Waals surface area contributed by atoms with Gasteiger partial charge in [-0.05, 0) is 38.1 Å². The van der Waals surface area contributed by atoms with Crippen LogP contribution in [-0.4, -0.2) is 24.4 Å². The summed E-state index contributed by atoms with van der Waals surface area (Å²) in [5.41, 5.74) is 2.18. The number of aromatic nitrogens is 2. The van der Waals surface area contributed by atoms with E-state index in [9.17, 15) is 13.2 Å². The van der Waals surface area contributed by atoms with Crippen molar-refractivity contribution in [1.29, 1.82) is 0 Å². The Morgan fingerprint density at radius 2 is 1.69 bits per heavy atom. The van der Waals surface area contributed by atoms with Crippen LogP contribution in [0.4, 0.5) is 0 Å². The van der Waals surface area contributed by atoms with Crippen molar-refractivity contribution in [3.63, 3.8) is 0 Å². The highest BCUT2D eigenvalue weighted by molar-refractivity contribution is 7.89. The summed E-state index contributed by atoms with van der Waals surface area (Å²) in [7, 11) is -3.79. The Morgan fingerprint density at radius 1 is 1.04 bits per heavy atom. The predicted molar refractivity (Wildman–Crippen MR) is 100 cm³/mol. The Labute approximate surface area is 151 Å². The van der Waals surface area contributed by atoms with E-state index in [1.165, 1.54) is 23.0 Å². The highest BCUT2D eigenvalue weighted by atomic mass is 32.2. The van der Waals surface area contributed by atoms with Gasteiger partial charge in [0, 0.05) is 5.69 Å². The SMILES string of the molecule is Cc1ccc(S(=O)(=O)N/N=C/c2c(C)[nH]n(-c3ccccc3)c2=O)cc1. The molecule has 3 aromatic rings. The average Bonchev–Trinajstić information content (AvgIpc) is 2.91. The van der Waals surface area contributed by atoms with Crippen LogP contribution in [-0.2, 0) is 10.0 Å². The Hall–Kier alpha value is -3.13. The maximum absolute atomic E-state index is 12.5. The lowest BCUT2D eigenvalue weighted by atomic mass is 10.2. The molecule has 0 unspecified atom stereocenters. The maximum Gasteiger partial charge on any atom is 0.280 e. The topological polar surface area (TPSA) is 96.3 Å². The van der Waals surface area contributed by atoms with Gasteiger partial charge in [0.1, 0.15) is 0 Å².